The summed E-state index contributed by atoms with van der Waals surface area (Å²) in [7, 11) is 2.74. The average molecular weight is 281 g/mol. The Labute approximate surface area is 108 Å². The molecule has 1 aromatic rings. The third-order valence-corrected chi connectivity index (χ3v) is 2.53. The molecule has 0 heterocycles. The Kier molecular flexibility index (Phi) is 5.13. The van der Waals surface area contributed by atoms with Crippen LogP contribution in [0, 0.1) is 5.82 Å². The van der Waals surface area contributed by atoms with Gasteiger partial charge in [-0.2, -0.15) is 13.2 Å². The van der Waals surface area contributed by atoms with E-state index in [4.69, 9.17) is 9.84 Å². The van der Waals surface area contributed by atoms with Gasteiger partial charge in [0.25, 0.3) is 0 Å². The molecule has 0 fully saturated rings. The van der Waals surface area contributed by atoms with E-state index in [0.29, 0.717) is 5.56 Å². The number of ether oxygens (including phenoxy) is 1. The van der Waals surface area contributed by atoms with Gasteiger partial charge in [-0.25, -0.2) is 4.39 Å². The minimum Gasteiger partial charge on any atom is -0.494 e. The fraction of sp³-hybridized carbons (Fsp3) is 0.500. The van der Waals surface area contributed by atoms with E-state index in [1.54, 1.807) is 6.07 Å². The van der Waals surface area contributed by atoms with Crippen LogP contribution in [0.25, 0.3) is 0 Å². The summed E-state index contributed by atoms with van der Waals surface area (Å²) in [4.78, 5) is 1.26. The zero-order valence-electron chi connectivity index (χ0n) is 10.5. The molecule has 0 aliphatic rings. The highest BCUT2D eigenvalue weighted by Gasteiger charge is 2.38. The largest absolute Gasteiger partial charge is 0.494 e. The first-order valence-electron chi connectivity index (χ1n) is 5.49. The molecule has 0 aromatic heterocycles. The highest BCUT2D eigenvalue weighted by Crippen LogP contribution is 2.22. The topological polar surface area (TPSA) is 32.7 Å². The van der Waals surface area contributed by atoms with Crippen LogP contribution in [0.4, 0.5) is 17.6 Å². The number of halogens is 4. The number of benzene rings is 1. The molecule has 0 saturated heterocycles. The summed E-state index contributed by atoms with van der Waals surface area (Å²) in [6.45, 7) is -0.481. The van der Waals surface area contributed by atoms with Gasteiger partial charge >= 0.3 is 6.18 Å². The van der Waals surface area contributed by atoms with E-state index in [2.05, 4.69) is 0 Å². The van der Waals surface area contributed by atoms with Crippen LogP contribution in [0.15, 0.2) is 18.2 Å². The zero-order valence-corrected chi connectivity index (χ0v) is 10.5. The lowest BCUT2D eigenvalue weighted by Gasteiger charge is -2.22. The summed E-state index contributed by atoms with van der Waals surface area (Å²) in [5, 5.41) is 8.91. The number of likely N-dealkylation sites (N-methyl/N-ethyl adjacent to an activating group) is 1. The number of nitrogens with zero attached hydrogens (tertiary/aromatic N) is 1. The van der Waals surface area contributed by atoms with Gasteiger partial charge in [0.2, 0.25) is 0 Å². The summed E-state index contributed by atoms with van der Waals surface area (Å²) in [5.74, 6) is -0.508. The molecule has 0 radical (unpaired) electrons. The van der Waals surface area contributed by atoms with Crippen LogP contribution in [0.1, 0.15) is 5.56 Å². The minimum absolute atomic E-state index is 0.0710. The van der Waals surface area contributed by atoms with Gasteiger partial charge in [0.15, 0.2) is 17.7 Å². The standard InChI is InChI=1S/C12H15F4NO2/c1-17(7-11(18)12(14,15)16)6-8-3-4-10(19-2)9(13)5-8/h3-5,11,18H,6-7H2,1-2H3. The van der Waals surface area contributed by atoms with E-state index in [1.807, 2.05) is 0 Å². The number of rotatable bonds is 5. The number of methoxy groups -OCH3 is 1. The summed E-state index contributed by atoms with van der Waals surface area (Å²) >= 11 is 0. The Balaban J connectivity index is 2.62. The molecule has 108 valence electrons. The Morgan fingerprint density at radius 2 is 2.00 bits per heavy atom. The minimum atomic E-state index is -4.65. The first kappa shape index (κ1) is 15.7. The molecule has 0 aliphatic heterocycles. The Bertz CT molecular complexity index is 423. The van der Waals surface area contributed by atoms with Crippen molar-refractivity contribution in [1.29, 1.82) is 0 Å². The van der Waals surface area contributed by atoms with Gasteiger partial charge in [-0.05, 0) is 24.7 Å². The van der Waals surface area contributed by atoms with Crippen LogP contribution >= 0.6 is 0 Å². The van der Waals surface area contributed by atoms with E-state index in [9.17, 15) is 17.6 Å². The molecule has 1 aromatic carbocycles. The van der Waals surface area contributed by atoms with Gasteiger partial charge in [-0.3, -0.25) is 4.90 Å². The second kappa shape index (κ2) is 6.21. The van der Waals surface area contributed by atoms with Gasteiger partial charge < -0.3 is 9.84 Å². The molecule has 19 heavy (non-hydrogen) atoms. The number of hydrogen-bond acceptors (Lipinski definition) is 3. The molecule has 1 atom stereocenters. The first-order valence-corrected chi connectivity index (χ1v) is 5.49. The van der Waals surface area contributed by atoms with Crippen molar-refractivity contribution in [1.82, 2.24) is 4.90 Å². The van der Waals surface area contributed by atoms with E-state index in [-0.39, 0.29) is 12.3 Å². The van der Waals surface area contributed by atoms with Crippen LogP contribution in [0.2, 0.25) is 0 Å². The Morgan fingerprint density at radius 3 is 2.47 bits per heavy atom. The van der Waals surface area contributed by atoms with Crippen molar-refractivity contribution >= 4 is 0 Å². The normalized spacial score (nSPS) is 13.7. The Hall–Kier alpha value is -1.34. The van der Waals surface area contributed by atoms with Crippen LogP contribution in [0.5, 0.6) is 5.75 Å². The highest BCUT2D eigenvalue weighted by molar-refractivity contribution is 5.29. The van der Waals surface area contributed by atoms with E-state index in [1.165, 1.54) is 31.2 Å². The molecule has 0 saturated carbocycles. The quantitative estimate of drug-likeness (QED) is 0.840. The molecule has 7 heteroatoms. The fourth-order valence-corrected chi connectivity index (χ4v) is 1.58. The molecule has 0 spiro atoms. The molecule has 1 unspecified atom stereocenters. The predicted molar refractivity (Wildman–Crippen MR) is 61.3 cm³/mol. The monoisotopic (exact) mass is 281 g/mol. The predicted octanol–water partition coefficient (Wildman–Crippen LogP) is 2.19. The summed E-state index contributed by atoms with van der Waals surface area (Å²) in [5.41, 5.74) is 0.496. The molecule has 1 N–H and O–H groups in total. The maximum absolute atomic E-state index is 13.4. The number of hydrogen-bond donors (Lipinski definition) is 1. The molecule has 3 nitrogen and oxygen atoms in total. The number of aliphatic hydroxyl groups is 1. The SMILES string of the molecule is COc1ccc(CN(C)CC(O)C(F)(F)F)cc1F. The molecule has 0 bridgehead atoms. The summed E-state index contributed by atoms with van der Waals surface area (Å²) in [6.07, 6.45) is -7.07. The van der Waals surface area contributed by atoms with Crippen LogP contribution in [-0.2, 0) is 6.54 Å². The maximum Gasteiger partial charge on any atom is 0.415 e. The lowest BCUT2D eigenvalue weighted by Crippen LogP contribution is -2.39. The van der Waals surface area contributed by atoms with Crippen LogP contribution in [-0.4, -0.2) is 43.0 Å². The summed E-state index contributed by atoms with van der Waals surface area (Å²) < 4.78 is 54.6. The third-order valence-electron chi connectivity index (χ3n) is 2.53. The van der Waals surface area contributed by atoms with Crippen LogP contribution in [0.3, 0.4) is 0 Å². The lowest BCUT2D eigenvalue weighted by atomic mass is 10.2. The Morgan fingerprint density at radius 1 is 1.37 bits per heavy atom. The lowest BCUT2D eigenvalue weighted by molar-refractivity contribution is -0.207. The van der Waals surface area contributed by atoms with Gasteiger partial charge in [0.1, 0.15) is 0 Å². The molecule has 0 aliphatic carbocycles. The molecular weight excluding hydrogens is 266 g/mol. The molecule has 0 amide bonds. The average Bonchev–Trinajstić information content (AvgIpc) is 2.27. The van der Waals surface area contributed by atoms with E-state index < -0.39 is 24.6 Å². The van der Waals surface area contributed by atoms with Crippen molar-refractivity contribution < 1.29 is 27.4 Å². The van der Waals surface area contributed by atoms with Gasteiger partial charge in [-0.1, -0.05) is 6.07 Å². The van der Waals surface area contributed by atoms with Gasteiger partial charge in [0.05, 0.1) is 7.11 Å². The van der Waals surface area contributed by atoms with E-state index >= 15 is 0 Å². The van der Waals surface area contributed by atoms with Crippen molar-refractivity contribution in [2.75, 3.05) is 20.7 Å². The van der Waals surface area contributed by atoms with Crippen LogP contribution < -0.4 is 4.74 Å². The van der Waals surface area contributed by atoms with Crippen molar-refractivity contribution in [3.63, 3.8) is 0 Å². The maximum atomic E-state index is 13.4. The molecular formula is C12H15F4NO2. The smallest absolute Gasteiger partial charge is 0.415 e. The van der Waals surface area contributed by atoms with Crippen molar-refractivity contribution in [2.45, 2.75) is 18.8 Å². The molecule has 1 rings (SSSR count). The van der Waals surface area contributed by atoms with Gasteiger partial charge in [0, 0.05) is 13.1 Å². The van der Waals surface area contributed by atoms with Crippen molar-refractivity contribution in [3.8, 4) is 5.75 Å². The second-order valence-corrected chi connectivity index (χ2v) is 4.22. The second-order valence-electron chi connectivity index (χ2n) is 4.22. The number of aliphatic hydroxyl groups excluding tert-OH is 1. The zero-order chi connectivity index (χ0) is 14.6. The number of alkyl halides is 3. The summed E-state index contributed by atoms with van der Waals surface area (Å²) in [6, 6.07) is 4.15. The first-order chi connectivity index (χ1) is 8.74. The van der Waals surface area contributed by atoms with Crippen molar-refractivity contribution in [2.24, 2.45) is 0 Å². The van der Waals surface area contributed by atoms with Gasteiger partial charge in [-0.15, -0.1) is 0 Å². The fourth-order valence-electron chi connectivity index (χ4n) is 1.58. The third kappa shape index (κ3) is 4.68. The van der Waals surface area contributed by atoms with Crippen molar-refractivity contribution in [3.05, 3.63) is 29.6 Å². The highest BCUT2D eigenvalue weighted by atomic mass is 19.4. The van der Waals surface area contributed by atoms with E-state index in [0.717, 1.165) is 0 Å².